The molecule has 0 radical (unpaired) electrons. The van der Waals surface area contributed by atoms with Gasteiger partial charge in [-0.3, -0.25) is 0 Å². The molecule has 2 aromatic rings. The van der Waals surface area contributed by atoms with Crippen molar-refractivity contribution < 1.29 is 9.53 Å². The van der Waals surface area contributed by atoms with E-state index in [1.807, 2.05) is 12.1 Å². The van der Waals surface area contributed by atoms with Crippen LogP contribution in [0.4, 0.5) is 17.1 Å². The maximum absolute atomic E-state index is 11.6. The van der Waals surface area contributed by atoms with E-state index in [0.29, 0.717) is 11.3 Å². The van der Waals surface area contributed by atoms with Gasteiger partial charge >= 0.3 is 5.97 Å². The van der Waals surface area contributed by atoms with Gasteiger partial charge in [-0.05, 0) is 42.7 Å². The van der Waals surface area contributed by atoms with Crippen LogP contribution in [-0.4, -0.2) is 19.6 Å². The predicted octanol–water partition coefficient (Wildman–Crippen LogP) is 3.14. The van der Waals surface area contributed by atoms with E-state index < -0.39 is 0 Å². The number of benzene rings is 2. The zero-order chi connectivity index (χ0) is 14.8. The second-order valence-corrected chi connectivity index (χ2v) is 5.15. The van der Waals surface area contributed by atoms with E-state index in [2.05, 4.69) is 23.1 Å². The van der Waals surface area contributed by atoms with E-state index in [-0.39, 0.29) is 5.97 Å². The standard InChI is InChI=1S/C17H18N2O2/c1-21-17(20)13-8-9-16(14(18)11-13)19-10-4-6-12-5-2-3-7-15(12)19/h2-3,5,7-9,11H,4,6,10,18H2,1H3. The largest absolute Gasteiger partial charge is 0.465 e. The van der Waals surface area contributed by atoms with Crippen LogP contribution < -0.4 is 10.6 Å². The summed E-state index contributed by atoms with van der Waals surface area (Å²) in [7, 11) is 1.37. The Hall–Kier alpha value is -2.49. The monoisotopic (exact) mass is 282 g/mol. The number of nitrogen functional groups attached to an aromatic ring is 1. The molecule has 2 N–H and O–H groups in total. The molecular weight excluding hydrogens is 264 g/mol. The third-order valence-corrected chi connectivity index (χ3v) is 3.85. The Labute approximate surface area is 124 Å². The van der Waals surface area contributed by atoms with Gasteiger partial charge in [-0.25, -0.2) is 4.79 Å². The summed E-state index contributed by atoms with van der Waals surface area (Å²) < 4.78 is 4.72. The minimum absolute atomic E-state index is 0.368. The molecule has 1 heterocycles. The summed E-state index contributed by atoms with van der Waals surface area (Å²) in [5.74, 6) is -0.368. The van der Waals surface area contributed by atoms with Crippen LogP contribution in [0.3, 0.4) is 0 Å². The lowest BCUT2D eigenvalue weighted by Crippen LogP contribution is -2.25. The van der Waals surface area contributed by atoms with Crippen LogP contribution in [-0.2, 0) is 11.2 Å². The number of ether oxygens (including phenoxy) is 1. The van der Waals surface area contributed by atoms with Gasteiger partial charge in [0, 0.05) is 12.2 Å². The first-order valence-electron chi connectivity index (χ1n) is 7.04. The third kappa shape index (κ3) is 2.44. The van der Waals surface area contributed by atoms with Crippen LogP contribution in [0.1, 0.15) is 22.3 Å². The van der Waals surface area contributed by atoms with Gasteiger partial charge < -0.3 is 15.4 Å². The van der Waals surface area contributed by atoms with Gasteiger partial charge in [0.15, 0.2) is 0 Å². The van der Waals surface area contributed by atoms with Gasteiger partial charge in [0.1, 0.15) is 0 Å². The number of hydrogen-bond donors (Lipinski definition) is 1. The molecule has 0 saturated carbocycles. The van der Waals surface area contributed by atoms with Crippen LogP contribution >= 0.6 is 0 Å². The van der Waals surface area contributed by atoms with Crippen molar-refractivity contribution in [3.8, 4) is 0 Å². The molecule has 1 aliphatic rings. The van der Waals surface area contributed by atoms with Crippen molar-refractivity contribution in [3.63, 3.8) is 0 Å². The molecule has 0 amide bonds. The smallest absolute Gasteiger partial charge is 0.337 e. The zero-order valence-corrected chi connectivity index (χ0v) is 12.0. The molecule has 4 heteroatoms. The molecule has 0 aromatic heterocycles. The molecule has 0 bridgehead atoms. The third-order valence-electron chi connectivity index (χ3n) is 3.85. The summed E-state index contributed by atoms with van der Waals surface area (Å²) in [6.07, 6.45) is 2.18. The van der Waals surface area contributed by atoms with E-state index in [9.17, 15) is 4.79 Å². The summed E-state index contributed by atoms with van der Waals surface area (Å²) in [5, 5.41) is 0. The predicted molar refractivity (Wildman–Crippen MR) is 84.0 cm³/mol. The Morgan fingerprint density at radius 2 is 2.00 bits per heavy atom. The highest BCUT2D eigenvalue weighted by atomic mass is 16.5. The lowest BCUT2D eigenvalue weighted by molar-refractivity contribution is 0.0601. The van der Waals surface area contributed by atoms with Gasteiger partial charge in [0.2, 0.25) is 0 Å². The Morgan fingerprint density at radius 3 is 2.76 bits per heavy atom. The Morgan fingerprint density at radius 1 is 1.19 bits per heavy atom. The fourth-order valence-electron chi connectivity index (χ4n) is 2.83. The lowest BCUT2D eigenvalue weighted by Gasteiger charge is -2.32. The summed E-state index contributed by atoms with van der Waals surface area (Å²) in [5.41, 5.74) is 10.7. The Kier molecular flexibility index (Phi) is 3.52. The summed E-state index contributed by atoms with van der Waals surface area (Å²) in [6, 6.07) is 13.7. The average molecular weight is 282 g/mol. The summed E-state index contributed by atoms with van der Waals surface area (Å²) in [4.78, 5) is 13.8. The van der Waals surface area contributed by atoms with E-state index in [4.69, 9.17) is 10.5 Å². The second kappa shape index (κ2) is 5.48. The molecule has 4 nitrogen and oxygen atoms in total. The van der Waals surface area contributed by atoms with Crippen LogP contribution in [0.2, 0.25) is 0 Å². The maximum atomic E-state index is 11.6. The van der Waals surface area contributed by atoms with Crippen LogP contribution in [0.25, 0.3) is 0 Å². The van der Waals surface area contributed by atoms with Crippen molar-refractivity contribution in [2.45, 2.75) is 12.8 Å². The number of aryl methyl sites for hydroxylation is 1. The number of hydrogen-bond acceptors (Lipinski definition) is 4. The molecule has 0 aliphatic carbocycles. The van der Waals surface area contributed by atoms with Crippen LogP contribution in [0.15, 0.2) is 42.5 Å². The van der Waals surface area contributed by atoms with Crippen molar-refractivity contribution in [2.75, 3.05) is 24.3 Å². The van der Waals surface area contributed by atoms with Crippen molar-refractivity contribution >= 4 is 23.0 Å². The number of nitrogens with two attached hydrogens (primary N) is 1. The normalized spacial score (nSPS) is 13.7. The maximum Gasteiger partial charge on any atom is 0.337 e. The quantitative estimate of drug-likeness (QED) is 0.679. The number of anilines is 3. The molecule has 0 unspecified atom stereocenters. The highest BCUT2D eigenvalue weighted by Crippen LogP contribution is 2.36. The van der Waals surface area contributed by atoms with Gasteiger partial charge in [-0.1, -0.05) is 18.2 Å². The van der Waals surface area contributed by atoms with Crippen molar-refractivity contribution in [2.24, 2.45) is 0 Å². The van der Waals surface area contributed by atoms with Gasteiger partial charge in [0.25, 0.3) is 0 Å². The molecular formula is C17H18N2O2. The van der Waals surface area contributed by atoms with Crippen LogP contribution in [0.5, 0.6) is 0 Å². The van der Waals surface area contributed by atoms with Crippen LogP contribution in [0, 0.1) is 0 Å². The minimum Gasteiger partial charge on any atom is -0.465 e. The molecule has 1 aliphatic heterocycles. The summed E-state index contributed by atoms with van der Waals surface area (Å²) in [6.45, 7) is 0.929. The van der Waals surface area contributed by atoms with E-state index >= 15 is 0 Å². The molecule has 0 saturated heterocycles. The molecule has 3 rings (SSSR count). The van der Waals surface area contributed by atoms with E-state index in [1.165, 1.54) is 18.4 Å². The van der Waals surface area contributed by atoms with Gasteiger partial charge in [-0.2, -0.15) is 0 Å². The number of rotatable bonds is 2. The van der Waals surface area contributed by atoms with Crippen molar-refractivity contribution in [3.05, 3.63) is 53.6 Å². The molecule has 0 fully saturated rings. The molecule has 0 atom stereocenters. The number of para-hydroxylation sites is 1. The molecule has 2 aromatic carbocycles. The highest BCUT2D eigenvalue weighted by Gasteiger charge is 2.20. The fraction of sp³-hybridized carbons (Fsp3) is 0.235. The fourth-order valence-corrected chi connectivity index (χ4v) is 2.83. The van der Waals surface area contributed by atoms with Gasteiger partial charge in [0.05, 0.1) is 24.0 Å². The zero-order valence-electron chi connectivity index (χ0n) is 12.0. The Bertz CT molecular complexity index is 682. The molecule has 0 spiro atoms. The molecule has 108 valence electrons. The first-order valence-corrected chi connectivity index (χ1v) is 7.04. The lowest BCUT2D eigenvalue weighted by atomic mass is 10.0. The number of fused-ring (bicyclic) bond motifs is 1. The number of nitrogens with zero attached hydrogens (tertiary/aromatic N) is 1. The number of esters is 1. The van der Waals surface area contributed by atoms with Gasteiger partial charge in [-0.15, -0.1) is 0 Å². The number of carbonyl (C=O) groups is 1. The SMILES string of the molecule is COC(=O)c1ccc(N2CCCc3ccccc32)c(N)c1. The summed E-state index contributed by atoms with van der Waals surface area (Å²) >= 11 is 0. The Balaban J connectivity index is 2.00. The van der Waals surface area contributed by atoms with Crippen molar-refractivity contribution in [1.82, 2.24) is 0 Å². The van der Waals surface area contributed by atoms with E-state index in [1.54, 1.807) is 12.1 Å². The van der Waals surface area contributed by atoms with E-state index in [0.717, 1.165) is 25.1 Å². The minimum atomic E-state index is -0.368. The topological polar surface area (TPSA) is 55.6 Å². The first-order chi connectivity index (χ1) is 10.2. The van der Waals surface area contributed by atoms with Crippen molar-refractivity contribution in [1.29, 1.82) is 0 Å². The number of methoxy groups -OCH3 is 1. The first kappa shape index (κ1) is 13.5. The number of carbonyl (C=O) groups excluding carboxylic acids is 1. The second-order valence-electron chi connectivity index (χ2n) is 5.15. The molecule has 21 heavy (non-hydrogen) atoms. The average Bonchev–Trinajstić information content (AvgIpc) is 2.53. The highest BCUT2D eigenvalue weighted by molar-refractivity contribution is 5.92.